The number of hydrogen-bond acceptors (Lipinski definition) is 2. The number of ether oxygens (including phenoxy) is 1. The molecule has 0 radical (unpaired) electrons. The minimum atomic E-state index is 0.0828. The maximum Gasteiger partial charge on any atom is 0.275 e. The van der Waals surface area contributed by atoms with Crippen LogP contribution in [0.4, 0.5) is 5.69 Å². The average Bonchev–Trinajstić information content (AvgIpc) is 2.96. The van der Waals surface area contributed by atoms with Crippen LogP contribution >= 0.6 is 0 Å². The fourth-order valence-corrected chi connectivity index (χ4v) is 3.66. The van der Waals surface area contributed by atoms with Crippen molar-refractivity contribution in [1.29, 1.82) is 0 Å². The van der Waals surface area contributed by atoms with Gasteiger partial charge in [-0.1, -0.05) is 18.2 Å². The largest absolute Gasteiger partial charge is 0.497 e. The number of para-hydroxylation sites is 1. The number of methoxy groups -OCH3 is 1. The molecule has 3 aromatic rings. The smallest absolute Gasteiger partial charge is 0.275 e. The first kappa shape index (κ1) is 14.8. The van der Waals surface area contributed by atoms with Crippen molar-refractivity contribution >= 4 is 22.5 Å². The third kappa shape index (κ3) is 2.10. The normalized spacial score (nSPS) is 14.1. The van der Waals surface area contributed by atoms with Gasteiger partial charge in [0.15, 0.2) is 0 Å². The number of carbonyl (C=O) groups excluding carboxylic acids is 1. The van der Waals surface area contributed by atoms with Crippen LogP contribution in [-0.4, -0.2) is 24.1 Å². The molecule has 0 aliphatic carbocycles. The highest BCUT2D eigenvalue weighted by molar-refractivity contribution is 6.11. The second kappa shape index (κ2) is 5.71. The van der Waals surface area contributed by atoms with Gasteiger partial charge < -0.3 is 14.2 Å². The van der Waals surface area contributed by atoms with Gasteiger partial charge in [-0.2, -0.15) is 0 Å². The van der Waals surface area contributed by atoms with Gasteiger partial charge in [-0.25, -0.2) is 0 Å². The second-order valence-corrected chi connectivity index (χ2v) is 6.00. The van der Waals surface area contributed by atoms with E-state index in [0.717, 1.165) is 46.6 Å². The molecule has 0 N–H and O–H groups in total. The molecule has 4 nitrogen and oxygen atoms in total. The van der Waals surface area contributed by atoms with E-state index in [2.05, 4.69) is 17.6 Å². The van der Waals surface area contributed by atoms with Crippen molar-refractivity contribution in [3.63, 3.8) is 0 Å². The third-order valence-corrected chi connectivity index (χ3v) is 4.79. The molecule has 1 aromatic heterocycles. The molecule has 1 amide bonds. The van der Waals surface area contributed by atoms with Gasteiger partial charge in [0.2, 0.25) is 0 Å². The Labute approximate surface area is 141 Å². The number of benzene rings is 2. The van der Waals surface area contributed by atoms with E-state index >= 15 is 0 Å². The Balaban J connectivity index is 1.90. The van der Waals surface area contributed by atoms with E-state index in [1.807, 2.05) is 47.4 Å². The van der Waals surface area contributed by atoms with Gasteiger partial charge in [0.05, 0.1) is 7.11 Å². The molecule has 0 atom stereocenters. The zero-order chi connectivity index (χ0) is 16.7. The average molecular weight is 320 g/mol. The minimum absolute atomic E-state index is 0.0828. The summed E-state index contributed by atoms with van der Waals surface area (Å²) in [5.41, 5.74) is 4.02. The summed E-state index contributed by atoms with van der Waals surface area (Å²) in [6.45, 7) is 3.56. The summed E-state index contributed by atoms with van der Waals surface area (Å²) >= 11 is 0. The molecule has 0 fully saturated rings. The van der Waals surface area contributed by atoms with E-state index in [1.165, 1.54) is 0 Å². The lowest BCUT2D eigenvalue weighted by atomic mass is 10.0. The summed E-state index contributed by atoms with van der Waals surface area (Å²) in [7, 11) is 1.67. The predicted molar refractivity (Wildman–Crippen MR) is 96.0 cm³/mol. The monoisotopic (exact) mass is 320 g/mol. The summed E-state index contributed by atoms with van der Waals surface area (Å²) < 4.78 is 7.50. The number of nitrogens with zero attached hydrogens (tertiary/aromatic N) is 2. The lowest BCUT2D eigenvalue weighted by Gasteiger charge is -2.28. The Morgan fingerprint density at radius 2 is 1.92 bits per heavy atom. The minimum Gasteiger partial charge on any atom is -0.497 e. The zero-order valence-corrected chi connectivity index (χ0v) is 14.0. The number of hydrogen-bond donors (Lipinski definition) is 0. The van der Waals surface area contributed by atoms with E-state index in [-0.39, 0.29) is 5.91 Å². The molecule has 24 heavy (non-hydrogen) atoms. The molecule has 0 unspecified atom stereocenters. The number of aryl methyl sites for hydroxylation is 1. The molecule has 0 spiro atoms. The highest BCUT2D eigenvalue weighted by Gasteiger charge is 2.31. The topological polar surface area (TPSA) is 34.5 Å². The van der Waals surface area contributed by atoms with Gasteiger partial charge in [-0.3, -0.25) is 4.79 Å². The van der Waals surface area contributed by atoms with Gasteiger partial charge in [0.1, 0.15) is 11.4 Å². The fourth-order valence-electron chi connectivity index (χ4n) is 3.66. The van der Waals surface area contributed by atoms with Gasteiger partial charge >= 0.3 is 0 Å². The van der Waals surface area contributed by atoms with Crippen LogP contribution in [0.25, 0.3) is 10.9 Å². The van der Waals surface area contributed by atoms with Crippen LogP contribution in [0.3, 0.4) is 0 Å². The first-order valence-corrected chi connectivity index (χ1v) is 8.30. The van der Waals surface area contributed by atoms with Gasteiger partial charge in [-0.15, -0.1) is 0 Å². The van der Waals surface area contributed by atoms with Crippen LogP contribution in [0.2, 0.25) is 0 Å². The van der Waals surface area contributed by atoms with Crippen molar-refractivity contribution in [2.45, 2.75) is 19.9 Å². The summed E-state index contributed by atoms with van der Waals surface area (Å²) in [5.74, 6) is 0.913. The van der Waals surface area contributed by atoms with Crippen molar-refractivity contribution in [2.24, 2.45) is 0 Å². The first-order valence-electron chi connectivity index (χ1n) is 8.30. The summed E-state index contributed by atoms with van der Waals surface area (Å²) in [5, 5.41) is 1.13. The Hall–Kier alpha value is -2.75. The maximum absolute atomic E-state index is 13.2. The number of amides is 1. The van der Waals surface area contributed by atoms with Gasteiger partial charge in [-0.05, 0) is 49.2 Å². The Kier molecular flexibility index (Phi) is 3.53. The molecule has 122 valence electrons. The molecule has 4 heteroatoms. The lowest BCUT2D eigenvalue weighted by Crippen LogP contribution is -2.38. The number of rotatable bonds is 3. The number of anilines is 1. The Bertz CT molecular complexity index is 912. The quantitative estimate of drug-likeness (QED) is 0.734. The Morgan fingerprint density at radius 3 is 2.62 bits per heavy atom. The fraction of sp³-hybridized carbons (Fsp3) is 0.250. The van der Waals surface area contributed by atoms with E-state index < -0.39 is 0 Å². The molecule has 0 saturated heterocycles. The van der Waals surface area contributed by atoms with Crippen LogP contribution in [0, 0.1) is 0 Å². The van der Waals surface area contributed by atoms with E-state index in [1.54, 1.807) is 7.11 Å². The van der Waals surface area contributed by atoms with Crippen LogP contribution < -0.4 is 9.64 Å². The van der Waals surface area contributed by atoms with Crippen LogP contribution in [-0.2, 0) is 13.0 Å². The number of aromatic nitrogens is 1. The maximum atomic E-state index is 13.2. The highest BCUT2D eigenvalue weighted by atomic mass is 16.5. The Morgan fingerprint density at radius 1 is 1.12 bits per heavy atom. The van der Waals surface area contributed by atoms with Crippen molar-refractivity contribution in [3.05, 3.63) is 59.8 Å². The van der Waals surface area contributed by atoms with Crippen LogP contribution in [0.1, 0.15) is 23.0 Å². The van der Waals surface area contributed by atoms with E-state index in [0.29, 0.717) is 6.54 Å². The third-order valence-electron chi connectivity index (χ3n) is 4.79. The molecule has 4 rings (SSSR count). The van der Waals surface area contributed by atoms with Crippen molar-refractivity contribution in [3.8, 4) is 5.75 Å². The molecular formula is C20H20N2O2. The summed E-state index contributed by atoms with van der Waals surface area (Å²) in [6, 6.07) is 16.0. The SMILES string of the molecule is CCn1c2c(c3cc(OC)ccc31)CCN(c1ccccc1)C2=O. The lowest BCUT2D eigenvalue weighted by molar-refractivity contribution is 0.0972. The number of fused-ring (bicyclic) bond motifs is 3. The molecule has 2 heterocycles. The van der Waals surface area contributed by atoms with E-state index in [9.17, 15) is 4.79 Å². The van der Waals surface area contributed by atoms with E-state index in [4.69, 9.17) is 4.74 Å². The number of carbonyl (C=O) groups is 1. The molecule has 1 aliphatic heterocycles. The standard InChI is InChI=1S/C20H20N2O2/c1-3-21-18-10-9-15(24-2)13-17(18)16-11-12-22(20(23)19(16)21)14-7-5-4-6-8-14/h4-10,13H,3,11-12H2,1-2H3. The highest BCUT2D eigenvalue weighted by Crippen LogP contribution is 2.34. The zero-order valence-electron chi connectivity index (χ0n) is 14.0. The summed E-state index contributed by atoms with van der Waals surface area (Å²) in [4.78, 5) is 15.1. The van der Waals surface area contributed by atoms with Crippen LogP contribution in [0.5, 0.6) is 5.75 Å². The first-order chi connectivity index (χ1) is 11.7. The van der Waals surface area contributed by atoms with Crippen molar-refractivity contribution in [1.82, 2.24) is 4.57 Å². The molecular weight excluding hydrogens is 300 g/mol. The predicted octanol–water partition coefficient (Wildman–Crippen LogP) is 3.87. The molecule has 1 aliphatic rings. The molecule has 2 aromatic carbocycles. The van der Waals surface area contributed by atoms with Crippen molar-refractivity contribution < 1.29 is 9.53 Å². The van der Waals surface area contributed by atoms with Gasteiger partial charge in [0, 0.05) is 29.7 Å². The summed E-state index contributed by atoms with van der Waals surface area (Å²) in [6.07, 6.45) is 0.854. The second-order valence-electron chi connectivity index (χ2n) is 6.00. The molecule has 0 saturated carbocycles. The van der Waals surface area contributed by atoms with Crippen molar-refractivity contribution in [2.75, 3.05) is 18.6 Å². The van der Waals surface area contributed by atoms with Gasteiger partial charge in [0.25, 0.3) is 5.91 Å². The molecule has 0 bridgehead atoms. The van der Waals surface area contributed by atoms with Crippen LogP contribution in [0.15, 0.2) is 48.5 Å².